The van der Waals surface area contributed by atoms with Crippen molar-refractivity contribution in [3.8, 4) is 5.69 Å². The lowest BCUT2D eigenvalue weighted by Crippen LogP contribution is -2.38. The molecule has 0 saturated carbocycles. The summed E-state index contributed by atoms with van der Waals surface area (Å²) in [6.45, 7) is 1.45. The summed E-state index contributed by atoms with van der Waals surface area (Å²) < 4.78 is 20.7. The molecular formula is C17H16FN3O3. The van der Waals surface area contributed by atoms with E-state index in [0.717, 1.165) is 6.07 Å². The Morgan fingerprint density at radius 2 is 2.25 bits per heavy atom. The molecule has 24 heavy (non-hydrogen) atoms. The first kappa shape index (κ1) is 15.9. The Morgan fingerprint density at radius 3 is 2.88 bits per heavy atom. The van der Waals surface area contributed by atoms with Crippen molar-refractivity contribution in [3.63, 3.8) is 0 Å². The number of hydrogen-bond acceptors (Lipinski definition) is 4. The highest BCUT2D eigenvalue weighted by Crippen LogP contribution is 2.20. The number of carbonyl (C=O) groups excluding carboxylic acids is 1. The second-order valence-corrected chi connectivity index (χ2v) is 5.55. The number of amides is 1. The molecule has 2 aromatic heterocycles. The van der Waals surface area contributed by atoms with Crippen LogP contribution in [-0.4, -0.2) is 27.3 Å². The van der Waals surface area contributed by atoms with Crippen molar-refractivity contribution in [2.75, 3.05) is 6.54 Å². The highest BCUT2D eigenvalue weighted by Gasteiger charge is 2.27. The van der Waals surface area contributed by atoms with Crippen molar-refractivity contribution in [2.24, 2.45) is 0 Å². The van der Waals surface area contributed by atoms with Crippen LogP contribution in [0.25, 0.3) is 5.69 Å². The molecule has 124 valence electrons. The van der Waals surface area contributed by atoms with Crippen LogP contribution in [0.1, 0.15) is 23.0 Å². The molecule has 6 nitrogen and oxygen atoms in total. The molecule has 0 aliphatic heterocycles. The van der Waals surface area contributed by atoms with Gasteiger partial charge < -0.3 is 14.8 Å². The van der Waals surface area contributed by atoms with Gasteiger partial charge >= 0.3 is 0 Å². The summed E-state index contributed by atoms with van der Waals surface area (Å²) in [6.07, 6.45) is 4.59. The minimum absolute atomic E-state index is 0.0676. The topological polar surface area (TPSA) is 80.3 Å². The normalized spacial score (nSPS) is 13.5. The molecule has 3 rings (SSSR count). The Kier molecular flexibility index (Phi) is 4.18. The van der Waals surface area contributed by atoms with Gasteiger partial charge in [-0.1, -0.05) is 0 Å². The minimum Gasteiger partial charge on any atom is -0.466 e. The van der Waals surface area contributed by atoms with Crippen molar-refractivity contribution >= 4 is 5.91 Å². The molecule has 0 radical (unpaired) electrons. The van der Waals surface area contributed by atoms with E-state index in [4.69, 9.17) is 4.42 Å². The summed E-state index contributed by atoms with van der Waals surface area (Å²) in [6, 6.07) is 9.05. The van der Waals surface area contributed by atoms with E-state index >= 15 is 0 Å². The number of rotatable bonds is 5. The summed E-state index contributed by atoms with van der Waals surface area (Å²) in [5.41, 5.74) is -0.954. The number of aromatic nitrogens is 2. The van der Waals surface area contributed by atoms with Crippen LogP contribution in [0.5, 0.6) is 0 Å². The number of halogens is 1. The summed E-state index contributed by atoms with van der Waals surface area (Å²) in [7, 11) is 0. The van der Waals surface area contributed by atoms with Gasteiger partial charge in [0.15, 0.2) is 0 Å². The Bertz CT molecular complexity index is 827. The molecule has 7 heteroatoms. The Morgan fingerprint density at radius 1 is 1.42 bits per heavy atom. The lowest BCUT2D eigenvalue weighted by molar-refractivity contribution is 0.0330. The van der Waals surface area contributed by atoms with E-state index < -0.39 is 17.3 Å². The zero-order valence-electron chi connectivity index (χ0n) is 12.9. The van der Waals surface area contributed by atoms with E-state index in [1.165, 1.54) is 36.2 Å². The fourth-order valence-corrected chi connectivity index (χ4v) is 2.27. The fraction of sp³-hybridized carbons (Fsp3) is 0.176. The second-order valence-electron chi connectivity index (χ2n) is 5.55. The van der Waals surface area contributed by atoms with Crippen molar-refractivity contribution in [1.82, 2.24) is 15.1 Å². The number of nitrogens with zero attached hydrogens (tertiary/aromatic N) is 2. The maximum Gasteiger partial charge on any atom is 0.251 e. The third kappa shape index (κ3) is 3.21. The Balaban J connectivity index is 1.71. The molecule has 2 heterocycles. The van der Waals surface area contributed by atoms with Gasteiger partial charge in [0, 0.05) is 18.0 Å². The third-order valence-electron chi connectivity index (χ3n) is 3.61. The smallest absolute Gasteiger partial charge is 0.251 e. The van der Waals surface area contributed by atoms with Gasteiger partial charge in [-0.2, -0.15) is 5.10 Å². The van der Waals surface area contributed by atoms with Crippen molar-refractivity contribution in [3.05, 3.63) is 72.2 Å². The lowest BCUT2D eigenvalue weighted by Gasteiger charge is -2.21. The molecule has 1 atom stereocenters. The lowest BCUT2D eigenvalue weighted by atomic mass is 10.0. The molecule has 0 bridgehead atoms. The average Bonchev–Trinajstić information content (AvgIpc) is 3.25. The van der Waals surface area contributed by atoms with Crippen molar-refractivity contribution in [1.29, 1.82) is 0 Å². The van der Waals surface area contributed by atoms with Crippen LogP contribution in [0.3, 0.4) is 0 Å². The molecule has 0 fully saturated rings. The van der Waals surface area contributed by atoms with Gasteiger partial charge in [-0.05, 0) is 43.3 Å². The molecule has 0 spiro atoms. The Hall–Kier alpha value is -2.93. The van der Waals surface area contributed by atoms with Gasteiger partial charge in [0.25, 0.3) is 5.91 Å². The van der Waals surface area contributed by atoms with Crippen LogP contribution in [-0.2, 0) is 5.60 Å². The molecule has 1 aromatic carbocycles. The van der Waals surface area contributed by atoms with Gasteiger partial charge in [-0.15, -0.1) is 0 Å². The summed E-state index contributed by atoms with van der Waals surface area (Å²) in [5.74, 6) is -0.722. The molecule has 2 N–H and O–H groups in total. The van der Waals surface area contributed by atoms with Crippen molar-refractivity contribution in [2.45, 2.75) is 12.5 Å². The quantitative estimate of drug-likeness (QED) is 0.752. The van der Waals surface area contributed by atoms with Crippen LogP contribution in [0.15, 0.2) is 59.5 Å². The van der Waals surface area contributed by atoms with E-state index in [1.54, 1.807) is 24.4 Å². The predicted octanol–water partition coefficient (Wildman–Crippen LogP) is 2.24. The highest BCUT2D eigenvalue weighted by atomic mass is 19.1. The Labute approximate surface area is 137 Å². The standard InChI is InChI=1S/C17H16FN3O3/c1-17(23,15-4-2-9-24-15)11-19-16(22)12-5-6-14(13(18)10-12)21-8-3-7-20-21/h2-10,23H,11H2,1H3,(H,19,22). The zero-order valence-corrected chi connectivity index (χ0v) is 12.9. The summed E-state index contributed by atoms with van der Waals surface area (Å²) in [4.78, 5) is 12.2. The SMILES string of the molecule is CC(O)(CNC(=O)c1ccc(-n2cccn2)c(F)c1)c1ccco1. The molecule has 3 aromatic rings. The van der Waals surface area contributed by atoms with Gasteiger partial charge in [0.2, 0.25) is 0 Å². The highest BCUT2D eigenvalue weighted by molar-refractivity contribution is 5.94. The molecule has 0 saturated heterocycles. The monoisotopic (exact) mass is 329 g/mol. The minimum atomic E-state index is -1.35. The van der Waals surface area contributed by atoms with Crippen LogP contribution in [0, 0.1) is 5.82 Å². The largest absolute Gasteiger partial charge is 0.466 e. The number of hydrogen-bond donors (Lipinski definition) is 2. The van der Waals surface area contributed by atoms with E-state index in [2.05, 4.69) is 10.4 Å². The molecule has 0 aliphatic carbocycles. The van der Waals surface area contributed by atoms with Crippen LogP contribution < -0.4 is 5.32 Å². The maximum atomic E-state index is 14.2. The first-order chi connectivity index (χ1) is 11.5. The number of benzene rings is 1. The second kappa shape index (κ2) is 6.29. The van der Waals surface area contributed by atoms with Gasteiger partial charge in [-0.3, -0.25) is 4.79 Å². The number of nitrogens with one attached hydrogen (secondary N) is 1. The van der Waals surface area contributed by atoms with E-state index in [-0.39, 0.29) is 17.8 Å². The van der Waals surface area contributed by atoms with Gasteiger partial charge in [0.05, 0.1) is 12.8 Å². The van der Waals surface area contributed by atoms with Crippen LogP contribution in [0.2, 0.25) is 0 Å². The van der Waals surface area contributed by atoms with Crippen LogP contribution >= 0.6 is 0 Å². The first-order valence-electron chi connectivity index (χ1n) is 7.31. The predicted molar refractivity (Wildman–Crippen MR) is 84.1 cm³/mol. The third-order valence-corrected chi connectivity index (χ3v) is 3.61. The number of aliphatic hydroxyl groups is 1. The van der Waals surface area contributed by atoms with Gasteiger partial charge in [-0.25, -0.2) is 9.07 Å². The average molecular weight is 329 g/mol. The van der Waals surface area contributed by atoms with E-state index in [0.29, 0.717) is 5.76 Å². The van der Waals surface area contributed by atoms with Gasteiger partial charge in [0.1, 0.15) is 22.9 Å². The summed E-state index contributed by atoms with van der Waals surface area (Å²) >= 11 is 0. The van der Waals surface area contributed by atoms with Crippen molar-refractivity contribution < 1.29 is 18.7 Å². The fourth-order valence-electron chi connectivity index (χ4n) is 2.27. The van der Waals surface area contributed by atoms with E-state index in [1.807, 2.05) is 0 Å². The molecular weight excluding hydrogens is 313 g/mol. The summed E-state index contributed by atoms with van der Waals surface area (Å²) in [5, 5.41) is 16.8. The van der Waals surface area contributed by atoms with Crippen LogP contribution in [0.4, 0.5) is 4.39 Å². The number of furan rings is 1. The molecule has 0 aliphatic rings. The maximum absolute atomic E-state index is 14.2. The zero-order chi connectivity index (χ0) is 17.2. The number of carbonyl (C=O) groups is 1. The first-order valence-corrected chi connectivity index (χ1v) is 7.31. The van der Waals surface area contributed by atoms with E-state index in [9.17, 15) is 14.3 Å². The molecule has 1 unspecified atom stereocenters. The molecule has 1 amide bonds.